The molecule has 0 amide bonds. The molecule has 4 N–H and O–H groups in total. The summed E-state index contributed by atoms with van der Waals surface area (Å²) in [6.45, 7) is 9.32. The number of carboxylic acids is 2. The first-order chi connectivity index (χ1) is 11.9. The van der Waals surface area contributed by atoms with E-state index >= 15 is 0 Å². The van der Waals surface area contributed by atoms with Crippen LogP contribution in [0.25, 0.3) is 0 Å². The van der Waals surface area contributed by atoms with E-state index < -0.39 is 18.0 Å². The van der Waals surface area contributed by atoms with Gasteiger partial charge in [-0.15, -0.1) is 0 Å². The van der Waals surface area contributed by atoms with Crippen molar-refractivity contribution in [3.63, 3.8) is 0 Å². The summed E-state index contributed by atoms with van der Waals surface area (Å²) in [7, 11) is 1.88. The average molecular weight is 411 g/mol. The number of nitrogens with one attached hydrogen (secondary N) is 1. The van der Waals surface area contributed by atoms with Crippen LogP contribution < -0.4 is 5.32 Å². The molecule has 0 aliphatic carbocycles. The van der Waals surface area contributed by atoms with Crippen molar-refractivity contribution in [3.05, 3.63) is 0 Å². The van der Waals surface area contributed by atoms with E-state index in [-0.39, 0.29) is 22.0 Å². The number of hydrogen-bond acceptors (Lipinski definition) is 7. The Balaban J connectivity index is 0.000000419. The lowest BCUT2D eigenvalue weighted by atomic mass is 10.0. The lowest BCUT2D eigenvalue weighted by Gasteiger charge is -2.41. The molecule has 0 radical (unpaired) electrons. The summed E-state index contributed by atoms with van der Waals surface area (Å²) in [4.78, 5) is 31.9. The molecule has 2 aliphatic heterocycles. The second-order valence-corrected chi connectivity index (χ2v) is 10.5. The van der Waals surface area contributed by atoms with Crippen molar-refractivity contribution >= 4 is 41.9 Å². The van der Waals surface area contributed by atoms with Crippen LogP contribution in [0.1, 0.15) is 27.7 Å². The molecule has 26 heavy (non-hydrogen) atoms. The first-order valence-electron chi connectivity index (χ1n) is 8.15. The van der Waals surface area contributed by atoms with Gasteiger partial charge >= 0.3 is 11.9 Å². The fraction of sp³-hybridized carbons (Fsp3) is 0.812. The van der Waals surface area contributed by atoms with E-state index in [0.29, 0.717) is 0 Å². The van der Waals surface area contributed by atoms with Crippen LogP contribution >= 0.6 is 23.5 Å². The standard InChI is InChI=1S/C8H15NO2S.C7H13NO2S.CH2O2/c1-8(2)6(7(10)11)9(3)4-5-12-8;1-7(2)5(6(9)10)8-3-4-11-7;2-1-3/h6H,4-5H2,1-3H3,(H,10,11);5,8H,3-4H2,1-2H3,(H,9,10);1H,(H,2,3). The number of carbonyl (C=O) groups is 3. The number of rotatable bonds is 2. The second kappa shape index (κ2) is 11.0. The van der Waals surface area contributed by atoms with E-state index in [1.807, 2.05) is 39.6 Å². The third kappa shape index (κ3) is 7.73. The van der Waals surface area contributed by atoms with Gasteiger partial charge < -0.3 is 20.6 Å². The number of hydrogen-bond donors (Lipinski definition) is 4. The topological polar surface area (TPSA) is 127 Å². The zero-order chi connectivity index (χ0) is 20.5. The SMILES string of the molecule is CC1(C)SCCNC1C(=O)O.CN1CCSC(C)(C)C1C(=O)O.O=CO. The minimum atomic E-state index is -0.748. The summed E-state index contributed by atoms with van der Waals surface area (Å²) in [5.41, 5.74) is 0. The number of thioether (sulfide) groups is 2. The Labute approximate surface area is 163 Å². The lowest BCUT2D eigenvalue weighted by Crippen LogP contribution is -2.55. The minimum Gasteiger partial charge on any atom is -0.483 e. The normalized spacial score (nSPS) is 27.0. The van der Waals surface area contributed by atoms with Crippen molar-refractivity contribution in [3.8, 4) is 0 Å². The minimum absolute atomic E-state index is 0.168. The summed E-state index contributed by atoms with van der Waals surface area (Å²) >= 11 is 3.45. The molecule has 0 saturated carbocycles. The van der Waals surface area contributed by atoms with Gasteiger partial charge in [-0.2, -0.15) is 23.5 Å². The molecule has 2 heterocycles. The smallest absolute Gasteiger partial charge is 0.322 e. The molecular weight excluding hydrogens is 380 g/mol. The molecule has 10 heteroatoms. The molecule has 2 aliphatic rings. The Morgan fingerprint density at radius 1 is 1.08 bits per heavy atom. The van der Waals surface area contributed by atoms with Gasteiger partial charge in [-0.25, -0.2) is 0 Å². The van der Waals surface area contributed by atoms with Crippen LogP contribution in [-0.2, 0) is 14.4 Å². The van der Waals surface area contributed by atoms with Gasteiger partial charge in [0.05, 0.1) is 0 Å². The zero-order valence-corrected chi connectivity index (χ0v) is 17.5. The van der Waals surface area contributed by atoms with Crippen molar-refractivity contribution in [1.29, 1.82) is 0 Å². The zero-order valence-electron chi connectivity index (χ0n) is 15.9. The van der Waals surface area contributed by atoms with Crippen LogP contribution in [0.2, 0.25) is 0 Å². The van der Waals surface area contributed by atoms with E-state index in [9.17, 15) is 9.59 Å². The van der Waals surface area contributed by atoms with Crippen LogP contribution in [0.15, 0.2) is 0 Å². The van der Waals surface area contributed by atoms with E-state index in [1.165, 1.54) is 0 Å². The van der Waals surface area contributed by atoms with Crippen molar-refractivity contribution in [2.45, 2.75) is 49.3 Å². The van der Waals surface area contributed by atoms with Crippen LogP contribution in [0, 0.1) is 0 Å². The molecular formula is C16H30N2O6S2. The van der Waals surface area contributed by atoms with Gasteiger partial charge in [0.15, 0.2) is 0 Å². The third-order valence-electron chi connectivity index (χ3n) is 4.12. The molecule has 0 bridgehead atoms. The van der Waals surface area contributed by atoms with E-state index in [2.05, 4.69) is 5.32 Å². The van der Waals surface area contributed by atoms with Crippen LogP contribution in [0.3, 0.4) is 0 Å². The summed E-state index contributed by atoms with van der Waals surface area (Å²) in [5, 5.41) is 27.7. The quantitative estimate of drug-likeness (QED) is 0.492. The van der Waals surface area contributed by atoms with Crippen molar-refractivity contribution in [2.75, 3.05) is 31.6 Å². The molecule has 0 aromatic carbocycles. The van der Waals surface area contributed by atoms with Crippen LogP contribution in [-0.4, -0.2) is 91.9 Å². The monoisotopic (exact) mass is 410 g/mol. The Morgan fingerprint density at radius 2 is 1.58 bits per heavy atom. The Hall–Kier alpha value is -0.970. The van der Waals surface area contributed by atoms with Gasteiger partial charge in [0.25, 0.3) is 6.47 Å². The highest BCUT2D eigenvalue weighted by atomic mass is 32.2. The highest BCUT2D eigenvalue weighted by Crippen LogP contribution is 2.34. The molecule has 2 fully saturated rings. The van der Waals surface area contributed by atoms with Gasteiger partial charge in [-0.1, -0.05) is 0 Å². The van der Waals surface area contributed by atoms with Gasteiger partial charge in [-0.05, 0) is 34.7 Å². The van der Waals surface area contributed by atoms with Crippen molar-refractivity contribution in [1.82, 2.24) is 10.2 Å². The summed E-state index contributed by atoms with van der Waals surface area (Å²) in [6.07, 6.45) is 0. The van der Waals surface area contributed by atoms with E-state index in [0.717, 1.165) is 24.6 Å². The number of likely N-dealkylation sites (N-methyl/N-ethyl adjacent to an activating group) is 1. The number of aliphatic carboxylic acids is 2. The highest BCUT2D eigenvalue weighted by Gasteiger charge is 2.41. The molecule has 2 atom stereocenters. The molecule has 0 spiro atoms. The number of nitrogens with zero attached hydrogens (tertiary/aromatic N) is 1. The molecule has 0 aromatic heterocycles. The van der Waals surface area contributed by atoms with Gasteiger partial charge in [-0.3, -0.25) is 19.3 Å². The second-order valence-electron chi connectivity index (χ2n) is 6.96. The highest BCUT2D eigenvalue weighted by molar-refractivity contribution is 8.01. The predicted octanol–water partition coefficient (Wildman–Crippen LogP) is 1.15. The van der Waals surface area contributed by atoms with Crippen molar-refractivity contribution < 1.29 is 29.7 Å². The average Bonchev–Trinajstić information content (AvgIpc) is 2.46. The fourth-order valence-electron chi connectivity index (χ4n) is 2.91. The Kier molecular flexibility index (Phi) is 10.6. The molecule has 8 nitrogen and oxygen atoms in total. The first kappa shape index (κ1) is 25.0. The molecule has 2 rings (SSSR count). The molecule has 152 valence electrons. The van der Waals surface area contributed by atoms with Crippen LogP contribution in [0.4, 0.5) is 0 Å². The van der Waals surface area contributed by atoms with Gasteiger partial charge in [0.2, 0.25) is 0 Å². The fourth-order valence-corrected chi connectivity index (χ4v) is 5.35. The molecule has 2 unspecified atom stereocenters. The maximum atomic E-state index is 10.9. The summed E-state index contributed by atoms with van der Waals surface area (Å²) in [6, 6.07) is -0.752. The van der Waals surface area contributed by atoms with Gasteiger partial charge in [0.1, 0.15) is 12.1 Å². The largest absolute Gasteiger partial charge is 0.483 e. The van der Waals surface area contributed by atoms with E-state index in [1.54, 1.807) is 23.5 Å². The third-order valence-corrected chi connectivity index (χ3v) is 6.86. The van der Waals surface area contributed by atoms with Crippen molar-refractivity contribution in [2.24, 2.45) is 0 Å². The van der Waals surface area contributed by atoms with Gasteiger partial charge in [0, 0.05) is 34.1 Å². The van der Waals surface area contributed by atoms with E-state index in [4.69, 9.17) is 20.1 Å². The Bertz CT molecular complexity index is 487. The summed E-state index contributed by atoms with van der Waals surface area (Å²) in [5.74, 6) is 0.557. The molecule has 0 aromatic rings. The molecule has 2 saturated heterocycles. The maximum absolute atomic E-state index is 10.9. The Morgan fingerprint density at radius 3 is 1.88 bits per heavy atom. The first-order valence-corrected chi connectivity index (χ1v) is 10.1. The maximum Gasteiger partial charge on any atom is 0.322 e. The number of carboxylic acid groups (broad SMARTS) is 3. The lowest BCUT2D eigenvalue weighted by molar-refractivity contribution is -0.144. The summed E-state index contributed by atoms with van der Waals surface area (Å²) < 4.78 is -0.344. The van der Waals surface area contributed by atoms with Crippen LogP contribution in [0.5, 0.6) is 0 Å². The predicted molar refractivity (Wildman–Crippen MR) is 105 cm³/mol.